The van der Waals surface area contributed by atoms with Crippen LogP contribution in [0.25, 0.3) is 0 Å². The van der Waals surface area contributed by atoms with Crippen LogP contribution < -0.4 is 5.73 Å². The fraction of sp³-hybridized carbons (Fsp3) is 0.167. The molecule has 17 heavy (non-hydrogen) atoms. The number of hydrogen-bond donors (Lipinski definition) is 2. The molecule has 2 rings (SSSR count). The first-order valence-corrected chi connectivity index (χ1v) is 5.24. The summed E-state index contributed by atoms with van der Waals surface area (Å²) in [6.45, 7) is 2.77. The smallest absolute Gasteiger partial charge is 0.170 e. The monoisotopic (exact) mass is 230 g/mol. The quantitative estimate of drug-likeness (QED) is 0.361. The zero-order chi connectivity index (χ0) is 12.3. The molecule has 88 valence electrons. The van der Waals surface area contributed by atoms with Gasteiger partial charge in [0.2, 0.25) is 0 Å². The molecule has 1 aromatic carbocycles. The van der Waals surface area contributed by atoms with Gasteiger partial charge in [0.15, 0.2) is 5.84 Å². The molecule has 3 N–H and O–H groups in total. The molecule has 2 aromatic rings. The second-order valence-electron chi connectivity index (χ2n) is 3.86. The average molecular weight is 230 g/mol. The van der Waals surface area contributed by atoms with E-state index in [-0.39, 0.29) is 5.84 Å². The summed E-state index contributed by atoms with van der Waals surface area (Å²) >= 11 is 0. The third-order valence-electron chi connectivity index (χ3n) is 2.66. The highest BCUT2D eigenvalue weighted by atomic mass is 16.4. The molecule has 0 radical (unpaired) electrons. The van der Waals surface area contributed by atoms with Crippen LogP contribution in [0.3, 0.4) is 0 Å². The number of rotatable bonds is 3. The number of aromatic nitrogens is 2. The van der Waals surface area contributed by atoms with Gasteiger partial charge in [0.25, 0.3) is 0 Å². The van der Waals surface area contributed by atoms with Crippen LogP contribution in [0.15, 0.2) is 42.1 Å². The van der Waals surface area contributed by atoms with Gasteiger partial charge in [-0.3, -0.25) is 0 Å². The Hall–Kier alpha value is -2.30. The molecular formula is C12H14N4O. The van der Waals surface area contributed by atoms with E-state index in [2.05, 4.69) is 10.1 Å². The topological polar surface area (TPSA) is 76.4 Å². The Balaban J connectivity index is 2.26. The van der Waals surface area contributed by atoms with Crippen LogP contribution in [0.5, 0.6) is 0 Å². The van der Waals surface area contributed by atoms with E-state index in [1.807, 2.05) is 35.9 Å². The lowest BCUT2D eigenvalue weighted by Gasteiger charge is -2.08. The minimum atomic E-state index is 0.127. The fourth-order valence-electron chi connectivity index (χ4n) is 1.67. The molecule has 0 amide bonds. The summed E-state index contributed by atoms with van der Waals surface area (Å²) in [6, 6.07) is 5.72. The van der Waals surface area contributed by atoms with E-state index < -0.39 is 0 Å². The van der Waals surface area contributed by atoms with E-state index in [9.17, 15) is 0 Å². The number of amidine groups is 1. The highest BCUT2D eigenvalue weighted by Crippen LogP contribution is 2.12. The molecule has 1 heterocycles. The predicted octanol–water partition coefficient (Wildman–Crippen LogP) is 1.33. The molecular weight excluding hydrogens is 216 g/mol. The van der Waals surface area contributed by atoms with Gasteiger partial charge in [-0.05, 0) is 24.1 Å². The standard InChI is InChI=1S/C12H14N4O/c1-9-6-10(12(13)15-17)2-3-11(9)7-16-5-4-14-8-16/h2-6,8,17H,7H2,1H3,(H2,13,15). The number of benzene rings is 1. The first-order valence-electron chi connectivity index (χ1n) is 5.24. The zero-order valence-electron chi connectivity index (χ0n) is 9.54. The molecule has 0 saturated carbocycles. The van der Waals surface area contributed by atoms with Crippen LogP contribution in [0.1, 0.15) is 16.7 Å². The molecule has 0 spiro atoms. The molecule has 1 aromatic heterocycles. The van der Waals surface area contributed by atoms with Gasteiger partial charge in [-0.2, -0.15) is 0 Å². The Morgan fingerprint density at radius 2 is 2.35 bits per heavy atom. The SMILES string of the molecule is Cc1cc(/C(N)=N/O)ccc1Cn1ccnc1. The van der Waals surface area contributed by atoms with Gasteiger partial charge in [-0.1, -0.05) is 17.3 Å². The molecule has 0 bridgehead atoms. The summed E-state index contributed by atoms with van der Waals surface area (Å²) in [5.74, 6) is 0.127. The summed E-state index contributed by atoms with van der Waals surface area (Å²) in [5.41, 5.74) is 8.53. The maximum absolute atomic E-state index is 8.61. The number of nitrogens with zero attached hydrogens (tertiary/aromatic N) is 3. The lowest BCUT2D eigenvalue weighted by atomic mass is 10.0. The number of nitrogens with two attached hydrogens (primary N) is 1. The second kappa shape index (κ2) is 4.69. The maximum Gasteiger partial charge on any atom is 0.170 e. The van der Waals surface area contributed by atoms with Crippen molar-refractivity contribution < 1.29 is 5.21 Å². The minimum absolute atomic E-state index is 0.127. The highest BCUT2D eigenvalue weighted by molar-refractivity contribution is 5.97. The summed E-state index contributed by atoms with van der Waals surface area (Å²) in [4.78, 5) is 4.00. The van der Waals surface area contributed by atoms with Crippen molar-refractivity contribution in [3.63, 3.8) is 0 Å². The molecule has 0 unspecified atom stereocenters. The number of aryl methyl sites for hydroxylation is 1. The van der Waals surface area contributed by atoms with Crippen molar-refractivity contribution in [1.29, 1.82) is 0 Å². The fourth-order valence-corrected chi connectivity index (χ4v) is 1.67. The molecule has 0 fully saturated rings. The molecule has 0 aliphatic rings. The van der Waals surface area contributed by atoms with Crippen molar-refractivity contribution in [1.82, 2.24) is 9.55 Å². The van der Waals surface area contributed by atoms with Crippen LogP contribution in [-0.4, -0.2) is 20.6 Å². The van der Waals surface area contributed by atoms with Crippen molar-refractivity contribution >= 4 is 5.84 Å². The van der Waals surface area contributed by atoms with E-state index in [1.54, 1.807) is 12.5 Å². The van der Waals surface area contributed by atoms with Crippen molar-refractivity contribution in [2.75, 3.05) is 0 Å². The molecule has 5 nitrogen and oxygen atoms in total. The average Bonchev–Trinajstić information content (AvgIpc) is 2.83. The van der Waals surface area contributed by atoms with Crippen LogP contribution >= 0.6 is 0 Å². The third kappa shape index (κ3) is 2.44. The van der Waals surface area contributed by atoms with Crippen LogP contribution in [-0.2, 0) is 6.54 Å². The maximum atomic E-state index is 8.61. The van der Waals surface area contributed by atoms with Crippen LogP contribution in [0.2, 0.25) is 0 Å². The number of hydrogen-bond acceptors (Lipinski definition) is 3. The van der Waals surface area contributed by atoms with Gasteiger partial charge in [-0.15, -0.1) is 0 Å². The van der Waals surface area contributed by atoms with Crippen molar-refractivity contribution in [3.05, 3.63) is 53.6 Å². The van der Waals surface area contributed by atoms with Gasteiger partial charge in [-0.25, -0.2) is 4.98 Å². The summed E-state index contributed by atoms with van der Waals surface area (Å²) in [5, 5.41) is 11.6. The Morgan fingerprint density at radius 3 is 2.94 bits per heavy atom. The normalized spacial score (nSPS) is 11.7. The molecule has 0 aliphatic heterocycles. The van der Waals surface area contributed by atoms with Crippen molar-refractivity contribution in [2.45, 2.75) is 13.5 Å². The highest BCUT2D eigenvalue weighted by Gasteiger charge is 2.04. The van der Waals surface area contributed by atoms with E-state index in [0.29, 0.717) is 0 Å². The van der Waals surface area contributed by atoms with Crippen LogP contribution in [0, 0.1) is 6.92 Å². The lowest BCUT2D eigenvalue weighted by molar-refractivity contribution is 0.318. The van der Waals surface area contributed by atoms with Crippen molar-refractivity contribution in [2.24, 2.45) is 10.9 Å². The van der Waals surface area contributed by atoms with Crippen molar-refractivity contribution in [3.8, 4) is 0 Å². The Morgan fingerprint density at radius 1 is 1.53 bits per heavy atom. The lowest BCUT2D eigenvalue weighted by Crippen LogP contribution is -2.13. The van der Waals surface area contributed by atoms with E-state index in [1.165, 1.54) is 5.56 Å². The molecule has 5 heteroatoms. The van der Waals surface area contributed by atoms with Gasteiger partial charge in [0, 0.05) is 24.5 Å². The Labute approximate surface area is 99.2 Å². The first kappa shape index (κ1) is 11.2. The Kier molecular flexibility index (Phi) is 3.09. The summed E-state index contributed by atoms with van der Waals surface area (Å²) in [6.07, 6.45) is 5.44. The van der Waals surface area contributed by atoms with E-state index in [0.717, 1.165) is 17.7 Å². The predicted molar refractivity (Wildman–Crippen MR) is 65.0 cm³/mol. The Bertz CT molecular complexity index is 531. The minimum Gasteiger partial charge on any atom is -0.409 e. The van der Waals surface area contributed by atoms with E-state index >= 15 is 0 Å². The van der Waals surface area contributed by atoms with Gasteiger partial charge in [0.1, 0.15) is 0 Å². The summed E-state index contributed by atoms with van der Waals surface area (Å²) < 4.78 is 1.99. The number of imidazole rings is 1. The number of oxime groups is 1. The largest absolute Gasteiger partial charge is 0.409 e. The van der Waals surface area contributed by atoms with Gasteiger partial charge in [0.05, 0.1) is 6.33 Å². The molecule has 0 saturated heterocycles. The summed E-state index contributed by atoms with van der Waals surface area (Å²) in [7, 11) is 0. The van der Waals surface area contributed by atoms with Gasteiger partial charge >= 0.3 is 0 Å². The first-order chi connectivity index (χ1) is 8.20. The second-order valence-corrected chi connectivity index (χ2v) is 3.86. The molecule has 0 aliphatic carbocycles. The van der Waals surface area contributed by atoms with Crippen LogP contribution in [0.4, 0.5) is 0 Å². The van der Waals surface area contributed by atoms with E-state index in [4.69, 9.17) is 10.9 Å². The van der Waals surface area contributed by atoms with Gasteiger partial charge < -0.3 is 15.5 Å². The third-order valence-corrected chi connectivity index (χ3v) is 2.66. The zero-order valence-corrected chi connectivity index (χ0v) is 9.54. The molecule has 0 atom stereocenters.